The number of aromatic nitrogens is 2. The van der Waals surface area contributed by atoms with Gasteiger partial charge in [0.25, 0.3) is 6.43 Å². The lowest BCUT2D eigenvalue weighted by molar-refractivity contribution is 0.144. The highest BCUT2D eigenvalue weighted by molar-refractivity contribution is 7.71. The number of nitrogens with one attached hydrogen (secondary N) is 1. The maximum absolute atomic E-state index is 12.3. The highest BCUT2D eigenvalue weighted by Gasteiger charge is 2.30. The molecule has 1 aromatic rings. The van der Waals surface area contributed by atoms with Gasteiger partial charge in [-0.1, -0.05) is 12.2 Å². The van der Waals surface area contributed by atoms with E-state index in [0.29, 0.717) is 10.6 Å². The lowest BCUT2D eigenvalue weighted by Crippen LogP contribution is -2.09. The first-order valence-corrected chi connectivity index (χ1v) is 5.10. The molecule has 1 N–H and O–H groups in total. The van der Waals surface area contributed by atoms with E-state index in [0.717, 1.165) is 0 Å². The van der Waals surface area contributed by atoms with Crippen molar-refractivity contribution in [1.82, 2.24) is 9.78 Å². The summed E-state index contributed by atoms with van der Waals surface area (Å²) < 4.78 is 26.8. The Morgan fingerprint density at radius 1 is 1.57 bits per heavy atom. The molecule has 1 aromatic heterocycles. The molecule has 1 aliphatic carbocycles. The number of aromatic amines is 1. The molecule has 2 nitrogen and oxygen atoms in total. The summed E-state index contributed by atoms with van der Waals surface area (Å²) in [6, 6.07) is 1.56. The zero-order chi connectivity index (χ0) is 10.3. The molecule has 1 saturated carbocycles. The zero-order valence-corrected chi connectivity index (χ0v) is 8.65. The molecule has 0 aliphatic heterocycles. The van der Waals surface area contributed by atoms with Gasteiger partial charge in [-0.3, -0.25) is 9.78 Å². The van der Waals surface area contributed by atoms with Crippen molar-refractivity contribution in [2.75, 3.05) is 0 Å². The monoisotopic (exact) mass is 218 g/mol. The van der Waals surface area contributed by atoms with Crippen molar-refractivity contribution in [1.29, 1.82) is 0 Å². The summed E-state index contributed by atoms with van der Waals surface area (Å²) >= 11 is 5.01. The van der Waals surface area contributed by atoms with Crippen LogP contribution in [0.5, 0.6) is 0 Å². The zero-order valence-electron chi connectivity index (χ0n) is 7.84. The molecule has 0 radical (unpaired) electrons. The van der Waals surface area contributed by atoms with Crippen LogP contribution < -0.4 is 0 Å². The van der Waals surface area contributed by atoms with Gasteiger partial charge in [0.2, 0.25) is 0 Å². The van der Waals surface area contributed by atoms with E-state index in [1.54, 1.807) is 4.68 Å². The number of nitrogens with zero attached hydrogens (tertiary/aromatic N) is 1. The SMILES string of the molecule is CC(C1CC1)n1[nH]c(C(F)F)cc1=S. The second-order valence-corrected chi connectivity index (χ2v) is 4.22. The number of hydrogen-bond donors (Lipinski definition) is 1. The van der Waals surface area contributed by atoms with E-state index in [1.165, 1.54) is 18.9 Å². The summed E-state index contributed by atoms with van der Waals surface area (Å²) in [6.45, 7) is 2.01. The minimum Gasteiger partial charge on any atom is -0.296 e. The number of rotatable bonds is 3. The van der Waals surface area contributed by atoms with Crippen LogP contribution in [0.4, 0.5) is 8.78 Å². The van der Waals surface area contributed by atoms with Gasteiger partial charge in [-0.2, -0.15) is 0 Å². The lowest BCUT2D eigenvalue weighted by Gasteiger charge is -2.11. The van der Waals surface area contributed by atoms with E-state index in [1.807, 2.05) is 6.92 Å². The molecule has 14 heavy (non-hydrogen) atoms. The summed E-state index contributed by atoms with van der Waals surface area (Å²) in [5, 5.41) is 2.66. The smallest absolute Gasteiger partial charge is 0.279 e. The fourth-order valence-electron chi connectivity index (χ4n) is 1.63. The van der Waals surface area contributed by atoms with Gasteiger partial charge in [-0.25, -0.2) is 8.78 Å². The van der Waals surface area contributed by atoms with E-state index in [-0.39, 0.29) is 11.7 Å². The first-order chi connectivity index (χ1) is 6.59. The average Bonchev–Trinajstić information content (AvgIpc) is 2.88. The van der Waals surface area contributed by atoms with Crippen LogP contribution >= 0.6 is 12.2 Å². The molecule has 5 heteroatoms. The van der Waals surface area contributed by atoms with E-state index in [2.05, 4.69) is 5.10 Å². The Kier molecular flexibility index (Phi) is 2.43. The van der Waals surface area contributed by atoms with Crippen molar-refractivity contribution < 1.29 is 8.78 Å². The first kappa shape index (κ1) is 9.83. The van der Waals surface area contributed by atoms with Crippen LogP contribution in [0.1, 0.15) is 37.9 Å². The third kappa shape index (κ3) is 1.73. The molecule has 0 saturated heterocycles. The molecule has 2 rings (SSSR count). The molecule has 1 heterocycles. The Hall–Kier alpha value is -0.710. The molecule has 0 spiro atoms. The maximum atomic E-state index is 12.3. The van der Waals surface area contributed by atoms with Crippen molar-refractivity contribution in [2.45, 2.75) is 32.2 Å². The highest BCUT2D eigenvalue weighted by atomic mass is 32.1. The van der Waals surface area contributed by atoms with Gasteiger partial charge in [0.1, 0.15) is 10.3 Å². The van der Waals surface area contributed by atoms with Crippen LogP contribution in [0, 0.1) is 10.6 Å². The van der Waals surface area contributed by atoms with Gasteiger partial charge >= 0.3 is 0 Å². The standard InChI is InChI=1S/C9H12F2N2S/c1-5(6-2-3-6)13-8(14)4-7(12-13)9(10)11/h4-6,9,12H,2-3H2,1H3. The van der Waals surface area contributed by atoms with E-state index in [9.17, 15) is 8.78 Å². The Morgan fingerprint density at radius 3 is 2.64 bits per heavy atom. The molecule has 0 amide bonds. The predicted octanol–water partition coefficient (Wildman–Crippen LogP) is 3.45. The third-order valence-electron chi connectivity index (χ3n) is 2.71. The largest absolute Gasteiger partial charge is 0.296 e. The second kappa shape index (κ2) is 3.46. The summed E-state index contributed by atoms with van der Waals surface area (Å²) in [5.74, 6) is 0.603. The van der Waals surface area contributed by atoms with Crippen LogP contribution in [-0.2, 0) is 0 Å². The Labute approximate surface area is 85.9 Å². The van der Waals surface area contributed by atoms with Crippen LogP contribution in [0.2, 0.25) is 0 Å². The number of halogens is 2. The normalized spacial score (nSPS) is 18.9. The quantitative estimate of drug-likeness (QED) is 0.770. The molecule has 1 aliphatic rings. The topological polar surface area (TPSA) is 20.7 Å². The molecular formula is C9H12F2N2S. The molecule has 78 valence electrons. The molecule has 0 bridgehead atoms. The first-order valence-electron chi connectivity index (χ1n) is 4.69. The lowest BCUT2D eigenvalue weighted by atomic mass is 10.2. The van der Waals surface area contributed by atoms with E-state index >= 15 is 0 Å². The van der Waals surface area contributed by atoms with Crippen LogP contribution in [0.3, 0.4) is 0 Å². The van der Waals surface area contributed by atoms with Gasteiger partial charge in [0.05, 0.1) is 6.04 Å². The van der Waals surface area contributed by atoms with E-state index < -0.39 is 6.43 Å². The second-order valence-electron chi connectivity index (χ2n) is 3.80. The average molecular weight is 218 g/mol. The minimum atomic E-state index is -2.47. The number of alkyl halides is 2. The maximum Gasteiger partial charge on any atom is 0.279 e. The van der Waals surface area contributed by atoms with Crippen LogP contribution in [-0.4, -0.2) is 9.78 Å². The van der Waals surface area contributed by atoms with Gasteiger partial charge in [0.15, 0.2) is 0 Å². The van der Waals surface area contributed by atoms with Gasteiger partial charge < -0.3 is 0 Å². The molecule has 1 unspecified atom stereocenters. The van der Waals surface area contributed by atoms with Crippen molar-refractivity contribution in [3.8, 4) is 0 Å². The molecular weight excluding hydrogens is 206 g/mol. The summed E-state index contributed by atoms with van der Waals surface area (Å²) in [4.78, 5) is 0. The molecule has 0 aromatic carbocycles. The Bertz CT molecular complexity index is 378. The summed E-state index contributed by atoms with van der Waals surface area (Å²) in [7, 11) is 0. The minimum absolute atomic E-state index is 0.0810. The summed E-state index contributed by atoms with van der Waals surface area (Å²) in [6.07, 6.45) is -0.123. The van der Waals surface area contributed by atoms with Crippen molar-refractivity contribution in [2.24, 2.45) is 5.92 Å². The predicted molar refractivity (Wildman–Crippen MR) is 52.0 cm³/mol. The summed E-state index contributed by atoms with van der Waals surface area (Å²) in [5.41, 5.74) is -0.0810. The van der Waals surface area contributed by atoms with Crippen LogP contribution in [0.15, 0.2) is 6.07 Å². The molecule has 1 atom stereocenters. The van der Waals surface area contributed by atoms with Crippen LogP contribution in [0.25, 0.3) is 0 Å². The Balaban J connectivity index is 2.28. The van der Waals surface area contributed by atoms with Crippen molar-refractivity contribution >= 4 is 12.2 Å². The van der Waals surface area contributed by atoms with Crippen molar-refractivity contribution in [3.05, 3.63) is 16.4 Å². The van der Waals surface area contributed by atoms with Gasteiger partial charge in [-0.15, -0.1) is 0 Å². The fourth-order valence-corrected chi connectivity index (χ4v) is 1.97. The van der Waals surface area contributed by atoms with Gasteiger partial charge in [-0.05, 0) is 25.7 Å². The number of hydrogen-bond acceptors (Lipinski definition) is 1. The van der Waals surface area contributed by atoms with Crippen molar-refractivity contribution in [3.63, 3.8) is 0 Å². The molecule has 1 fully saturated rings. The number of H-pyrrole nitrogens is 1. The fraction of sp³-hybridized carbons (Fsp3) is 0.667. The highest BCUT2D eigenvalue weighted by Crippen LogP contribution is 2.39. The Morgan fingerprint density at radius 2 is 2.21 bits per heavy atom. The van der Waals surface area contributed by atoms with Gasteiger partial charge in [0, 0.05) is 6.07 Å². The third-order valence-corrected chi connectivity index (χ3v) is 3.03. The van der Waals surface area contributed by atoms with E-state index in [4.69, 9.17) is 12.2 Å².